The fourth-order valence-electron chi connectivity index (χ4n) is 3.73. The maximum absolute atomic E-state index is 13.1. The number of sulfonamides is 1. The number of carbonyl (C=O) groups is 1. The molecule has 0 aromatic heterocycles. The first kappa shape index (κ1) is 22.7. The number of rotatable bonds is 8. The standard InChI is InChI=1S/C23H30N2O3S2/c1-18-9-6-7-14-22(18)25(2)30(27,28)21-13-8-10-19(17-21)23(26)24-15-16-29-20-11-4-3-5-12-20/h6-10,13-14,17,20H,3-5,11-12,15-16H2,1-2H3,(H,24,26). The lowest BCUT2D eigenvalue weighted by atomic mass is 10.0. The molecule has 1 aliphatic carbocycles. The van der Waals surface area contributed by atoms with Crippen molar-refractivity contribution in [1.82, 2.24) is 5.32 Å². The summed E-state index contributed by atoms with van der Waals surface area (Å²) >= 11 is 1.93. The molecule has 0 radical (unpaired) electrons. The van der Waals surface area contributed by atoms with Crippen LogP contribution in [0.4, 0.5) is 5.69 Å². The average molecular weight is 447 g/mol. The Morgan fingerprint density at radius 3 is 2.57 bits per heavy atom. The number of nitrogens with one attached hydrogen (secondary N) is 1. The predicted molar refractivity (Wildman–Crippen MR) is 125 cm³/mol. The number of aryl methyl sites for hydroxylation is 1. The number of nitrogens with zero attached hydrogens (tertiary/aromatic N) is 1. The third kappa shape index (κ3) is 5.58. The van der Waals surface area contributed by atoms with E-state index in [2.05, 4.69) is 5.32 Å². The molecule has 3 rings (SSSR count). The van der Waals surface area contributed by atoms with Gasteiger partial charge in [-0.05, 0) is 49.6 Å². The highest BCUT2D eigenvalue weighted by Crippen LogP contribution is 2.28. The van der Waals surface area contributed by atoms with Crippen molar-refractivity contribution in [3.05, 3.63) is 59.7 Å². The molecule has 1 amide bonds. The van der Waals surface area contributed by atoms with Crippen molar-refractivity contribution >= 4 is 33.4 Å². The van der Waals surface area contributed by atoms with Gasteiger partial charge in [-0.1, -0.05) is 43.5 Å². The molecular weight excluding hydrogens is 416 g/mol. The molecular formula is C23H30N2O3S2. The number of thioether (sulfide) groups is 1. The number of para-hydroxylation sites is 1. The molecule has 0 bridgehead atoms. The molecule has 0 aliphatic heterocycles. The van der Waals surface area contributed by atoms with Crippen LogP contribution >= 0.6 is 11.8 Å². The second-order valence-electron chi connectivity index (χ2n) is 7.67. The summed E-state index contributed by atoms with van der Waals surface area (Å²) in [5.41, 5.74) is 1.84. The van der Waals surface area contributed by atoms with E-state index >= 15 is 0 Å². The number of hydrogen-bond donors (Lipinski definition) is 1. The normalized spacial score (nSPS) is 15.0. The SMILES string of the molecule is Cc1ccccc1N(C)S(=O)(=O)c1cccc(C(=O)NCCSC2CCCCC2)c1. The van der Waals surface area contributed by atoms with Gasteiger partial charge in [-0.25, -0.2) is 8.42 Å². The molecule has 0 saturated heterocycles. The van der Waals surface area contributed by atoms with Gasteiger partial charge in [-0.2, -0.15) is 11.8 Å². The first-order chi connectivity index (χ1) is 14.4. The third-order valence-electron chi connectivity index (χ3n) is 5.50. The molecule has 30 heavy (non-hydrogen) atoms. The van der Waals surface area contributed by atoms with Crippen LogP contribution in [-0.4, -0.2) is 38.9 Å². The number of carbonyl (C=O) groups excluding carboxylic acids is 1. The van der Waals surface area contributed by atoms with Gasteiger partial charge in [-0.3, -0.25) is 9.10 Å². The summed E-state index contributed by atoms with van der Waals surface area (Å²) in [7, 11) is -2.23. The summed E-state index contributed by atoms with van der Waals surface area (Å²) in [6.07, 6.45) is 6.50. The Morgan fingerprint density at radius 2 is 1.83 bits per heavy atom. The van der Waals surface area contributed by atoms with Crippen molar-refractivity contribution in [1.29, 1.82) is 0 Å². The summed E-state index contributed by atoms with van der Waals surface area (Å²) in [5.74, 6) is 0.638. The van der Waals surface area contributed by atoms with E-state index in [-0.39, 0.29) is 10.8 Å². The summed E-state index contributed by atoms with van der Waals surface area (Å²) < 4.78 is 27.4. The van der Waals surface area contributed by atoms with Crippen LogP contribution in [0.5, 0.6) is 0 Å². The van der Waals surface area contributed by atoms with E-state index in [0.717, 1.165) is 11.3 Å². The number of hydrogen-bond acceptors (Lipinski definition) is 4. The van der Waals surface area contributed by atoms with Crippen molar-refractivity contribution in [2.75, 3.05) is 23.7 Å². The van der Waals surface area contributed by atoms with Gasteiger partial charge in [0.15, 0.2) is 0 Å². The molecule has 1 fully saturated rings. The van der Waals surface area contributed by atoms with Crippen molar-refractivity contribution in [3.63, 3.8) is 0 Å². The monoisotopic (exact) mass is 446 g/mol. The molecule has 2 aromatic carbocycles. The second-order valence-corrected chi connectivity index (χ2v) is 11.1. The van der Waals surface area contributed by atoms with E-state index in [1.807, 2.05) is 36.9 Å². The van der Waals surface area contributed by atoms with Gasteiger partial charge in [0.25, 0.3) is 15.9 Å². The Bertz CT molecular complexity index is 970. The topological polar surface area (TPSA) is 66.5 Å². The zero-order valence-electron chi connectivity index (χ0n) is 17.6. The zero-order valence-corrected chi connectivity index (χ0v) is 19.3. The fourth-order valence-corrected chi connectivity index (χ4v) is 6.25. The third-order valence-corrected chi connectivity index (χ3v) is 8.65. The second kappa shape index (κ2) is 10.4. The van der Waals surface area contributed by atoms with Crippen LogP contribution < -0.4 is 9.62 Å². The lowest BCUT2D eigenvalue weighted by Crippen LogP contribution is -2.29. The van der Waals surface area contributed by atoms with E-state index in [4.69, 9.17) is 0 Å². The zero-order chi connectivity index (χ0) is 21.6. The summed E-state index contributed by atoms with van der Waals surface area (Å²) in [5, 5.41) is 3.63. The Hall–Kier alpha value is -1.99. The first-order valence-corrected chi connectivity index (χ1v) is 12.9. The Morgan fingerprint density at radius 1 is 1.10 bits per heavy atom. The van der Waals surface area contributed by atoms with Gasteiger partial charge in [0.05, 0.1) is 10.6 Å². The number of amides is 1. The van der Waals surface area contributed by atoms with E-state index < -0.39 is 10.0 Å². The summed E-state index contributed by atoms with van der Waals surface area (Å²) in [6, 6.07) is 13.6. The predicted octanol–water partition coefficient (Wildman–Crippen LogP) is 4.62. The minimum absolute atomic E-state index is 0.109. The van der Waals surface area contributed by atoms with Crippen LogP contribution in [0, 0.1) is 6.92 Å². The molecule has 0 heterocycles. The van der Waals surface area contributed by atoms with E-state index in [1.165, 1.54) is 55.6 Å². The van der Waals surface area contributed by atoms with Crippen molar-refractivity contribution < 1.29 is 13.2 Å². The molecule has 1 saturated carbocycles. The average Bonchev–Trinajstić information content (AvgIpc) is 2.77. The highest BCUT2D eigenvalue weighted by Gasteiger charge is 2.23. The molecule has 162 valence electrons. The van der Waals surface area contributed by atoms with Crippen molar-refractivity contribution in [2.24, 2.45) is 0 Å². The highest BCUT2D eigenvalue weighted by atomic mass is 32.2. The van der Waals surface area contributed by atoms with Crippen LogP contribution in [0.1, 0.15) is 48.0 Å². The van der Waals surface area contributed by atoms with Crippen LogP contribution in [0.2, 0.25) is 0 Å². The van der Waals surface area contributed by atoms with Crippen LogP contribution in [0.15, 0.2) is 53.4 Å². The molecule has 0 unspecified atom stereocenters. The van der Waals surface area contributed by atoms with Crippen LogP contribution in [0.3, 0.4) is 0 Å². The highest BCUT2D eigenvalue weighted by molar-refractivity contribution is 7.99. The van der Waals surface area contributed by atoms with Gasteiger partial charge in [0.1, 0.15) is 0 Å². The van der Waals surface area contributed by atoms with Gasteiger partial charge in [-0.15, -0.1) is 0 Å². The van der Waals surface area contributed by atoms with Gasteiger partial charge in [0.2, 0.25) is 0 Å². The smallest absolute Gasteiger partial charge is 0.264 e. The van der Waals surface area contributed by atoms with Crippen molar-refractivity contribution in [2.45, 2.75) is 49.2 Å². The van der Waals surface area contributed by atoms with Gasteiger partial charge < -0.3 is 5.32 Å². The number of benzene rings is 2. The maximum atomic E-state index is 13.1. The van der Waals surface area contributed by atoms with Gasteiger partial charge >= 0.3 is 0 Å². The minimum atomic E-state index is -3.76. The van der Waals surface area contributed by atoms with Crippen LogP contribution in [-0.2, 0) is 10.0 Å². The van der Waals surface area contributed by atoms with E-state index in [1.54, 1.807) is 18.2 Å². The summed E-state index contributed by atoms with van der Waals surface area (Å²) in [4.78, 5) is 12.6. The number of anilines is 1. The van der Waals surface area contributed by atoms with E-state index in [0.29, 0.717) is 23.0 Å². The lowest BCUT2D eigenvalue weighted by molar-refractivity contribution is 0.0956. The molecule has 1 N–H and O–H groups in total. The summed E-state index contributed by atoms with van der Waals surface area (Å²) in [6.45, 7) is 2.46. The molecule has 1 aliphatic rings. The first-order valence-electron chi connectivity index (χ1n) is 10.4. The Labute approximate surface area is 184 Å². The fraction of sp³-hybridized carbons (Fsp3) is 0.435. The largest absolute Gasteiger partial charge is 0.351 e. The van der Waals surface area contributed by atoms with Crippen LogP contribution in [0.25, 0.3) is 0 Å². The molecule has 0 spiro atoms. The molecule has 5 nitrogen and oxygen atoms in total. The van der Waals surface area contributed by atoms with Crippen molar-refractivity contribution in [3.8, 4) is 0 Å². The van der Waals surface area contributed by atoms with E-state index in [9.17, 15) is 13.2 Å². The molecule has 0 atom stereocenters. The minimum Gasteiger partial charge on any atom is -0.351 e. The maximum Gasteiger partial charge on any atom is 0.264 e. The molecule has 7 heteroatoms. The quantitative estimate of drug-likeness (QED) is 0.601. The Balaban J connectivity index is 1.63. The lowest BCUT2D eigenvalue weighted by Gasteiger charge is -2.21. The Kier molecular flexibility index (Phi) is 7.83. The molecule has 2 aromatic rings. The van der Waals surface area contributed by atoms with Gasteiger partial charge in [0, 0.05) is 30.2 Å².